The lowest BCUT2D eigenvalue weighted by molar-refractivity contribution is -0.119. The Morgan fingerprint density at radius 2 is 2.05 bits per heavy atom. The molecular weight excluding hydrogens is 395 g/mol. The third-order valence-corrected chi connectivity index (χ3v) is 3.63. The first-order valence-electron chi connectivity index (χ1n) is 8.05. The van der Waals surface area contributed by atoms with E-state index in [4.69, 9.17) is 4.74 Å². The molecule has 2 rings (SSSR count). The predicted octanol–water partition coefficient (Wildman–Crippen LogP) is 1.21. The molecule has 0 bridgehead atoms. The highest BCUT2D eigenvalue weighted by atomic mass is 127. The number of amides is 1. The zero-order chi connectivity index (χ0) is 15.1. The van der Waals surface area contributed by atoms with Crippen LogP contribution in [-0.2, 0) is 9.53 Å². The van der Waals surface area contributed by atoms with Crippen molar-refractivity contribution in [3.05, 3.63) is 0 Å². The first kappa shape index (κ1) is 19.5. The van der Waals surface area contributed by atoms with Crippen LogP contribution in [0.2, 0.25) is 0 Å². The molecule has 2 N–H and O–H groups in total. The van der Waals surface area contributed by atoms with Gasteiger partial charge in [0.2, 0.25) is 5.91 Å². The Kier molecular flexibility index (Phi) is 9.08. The third kappa shape index (κ3) is 8.17. The summed E-state index contributed by atoms with van der Waals surface area (Å²) in [5.74, 6) is 1.56. The number of nitrogens with zero attached hydrogens (tertiary/aromatic N) is 2. The van der Waals surface area contributed by atoms with Crippen molar-refractivity contribution < 1.29 is 9.53 Å². The molecule has 2 aliphatic carbocycles. The first-order valence-corrected chi connectivity index (χ1v) is 8.05. The summed E-state index contributed by atoms with van der Waals surface area (Å²) in [6.45, 7) is 5.36. The van der Waals surface area contributed by atoms with Crippen molar-refractivity contribution in [2.45, 2.75) is 38.6 Å². The van der Waals surface area contributed by atoms with Crippen LogP contribution in [-0.4, -0.2) is 62.7 Å². The van der Waals surface area contributed by atoms with Gasteiger partial charge in [-0.25, -0.2) is 4.99 Å². The van der Waals surface area contributed by atoms with Gasteiger partial charge in [-0.1, -0.05) is 0 Å². The standard InChI is InChI=1S/C15H28N4O2.HI/c1-3-16-15(17-10-14(20)18-13-6-7-13)19(2)8-9-21-11-12-4-5-12;/h12-13H,3-11H2,1-2H3,(H,16,17)(H,18,20);1H. The molecule has 0 unspecified atom stereocenters. The Morgan fingerprint density at radius 1 is 1.32 bits per heavy atom. The van der Waals surface area contributed by atoms with Gasteiger partial charge in [-0.15, -0.1) is 24.0 Å². The fourth-order valence-electron chi connectivity index (χ4n) is 1.96. The molecule has 0 aromatic rings. The van der Waals surface area contributed by atoms with Gasteiger partial charge in [0.1, 0.15) is 6.54 Å². The van der Waals surface area contributed by atoms with E-state index in [1.165, 1.54) is 12.8 Å². The number of halogens is 1. The summed E-state index contributed by atoms with van der Waals surface area (Å²) < 4.78 is 5.64. The van der Waals surface area contributed by atoms with E-state index in [-0.39, 0.29) is 36.4 Å². The monoisotopic (exact) mass is 424 g/mol. The Hall–Kier alpha value is -0.570. The lowest BCUT2D eigenvalue weighted by atomic mass is 10.5. The number of hydrogen-bond acceptors (Lipinski definition) is 3. The van der Waals surface area contributed by atoms with Crippen molar-refractivity contribution in [2.24, 2.45) is 10.9 Å². The lowest BCUT2D eigenvalue weighted by Gasteiger charge is -2.21. The van der Waals surface area contributed by atoms with Crippen molar-refractivity contribution in [3.63, 3.8) is 0 Å². The van der Waals surface area contributed by atoms with E-state index in [0.717, 1.165) is 44.4 Å². The summed E-state index contributed by atoms with van der Waals surface area (Å²) in [5.41, 5.74) is 0. The number of rotatable bonds is 9. The summed E-state index contributed by atoms with van der Waals surface area (Å²) in [4.78, 5) is 18.1. The molecule has 0 aromatic heterocycles. The average Bonchev–Trinajstić information content (AvgIpc) is 3.34. The minimum Gasteiger partial charge on any atom is -0.379 e. The minimum atomic E-state index is 0. The number of nitrogens with one attached hydrogen (secondary N) is 2. The van der Waals surface area contributed by atoms with E-state index in [9.17, 15) is 4.79 Å². The van der Waals surface area contributed by atoms with Gasteiger partial charge in [-0.05, 0) is 38.5 Å². The van der Waals surface area contributed by atoms with Gasteiger partial charge in [0.05, 0.1) is 6.61 Å². The molecule has 7 heteroatoms. The SMILES string of the molecule is CCNC(=NCC(=O)NC1CC1)N(C)CCOCC1CC1.I. The van der Waals surface area contributed by atoms with Gasteiger partial charge in [0, 0.05) is 32.8 Å². The molecule has 128 valence electrons. The second-order valence-electron chi connectivity index (χ2n) is 5.95. The van der Waals surface area contributed by atoms with E-state index in [2.05, 4.69) is 15.6 Å². The molecule has 0 aliphatic heterocycles. The summed E-state index contributed by atoms with van der Waals surface area (Å²) in [6, 6.07) is 0.392. The van der Waals surface area contributed by atoms with E-state index in [0.29, 0.717) is 12.6 Å². The van der Waals surface area contributed by atoms with Gasteiger partial charge in [-0.3, -0.25) is 4.79 Å². The highest BCUT2D eigenvalue weighted by Gasteiger charge is 2.23. The van der Waals surface area contributed by atoms with E-state index in [1.54, 1.807) is 0 Å². The average molecular weight is 424 g/mol. The van der Waals surface area contributed by atoms with Gasteiger partial charge < -0.3 is 20.3 Å². The summed E-state index contributed by atoms with van der Waals surface area (Å²) >= 11 is 0. The summed E-state index contributed by atoms with van der Waals surface area (Å²) in [7, 11) is 1.97. The number of guanidine groups is 1. The number of carbonyl (C=O) groups excluding carboxylic acids is 1. The van der Waals surface area contributed by atoms with Crippen molar-refractivity contribution in [2.75, 3.05) is 39.9 Å². The Bertz CT molecular complexity index is 371. The molecule has 2 fully saturated rings. The Balaban J connectivity index is 0.00000242. The van der Waals surface area contributed by atoms with E-state index < -0.39 is 0 Å². The van der Waals surface area contributed by atoms with Gasteiger partial charge in [0.25, 0.3) is 0 Å². The Labute approximate surface area is 150 Å². The molecule has 2 aliphatic rings. The van der Waals surface area contributed by atoms with Crippen LogP contribution in [0.25, 0.3) is 0 Å². The maximum atomic E-state index is 11.7. The first-order chi connectivity index (χ1) is 10.2. The Morgan fingerprint density at radius 3 is 2.64 bits per heavy atom. The summed E-state index contributed by atoms with van der Waals surface area (Å²) in [6.07, 6.45) is 4.84. The van der Waals surface area contributed by atoms with Gasteiger partial charge >= 0.3 is 0 Å². The smallest absolute Gasteiger partial charge is 0.242 e. The molecule has 0 atom stereocenters. The maximum absolute atomic E-state index is 11.7. The molecule has 0 saturated heterocycles. The molecule has 2 saturated carbocycles. The normalized spacial score (nSPS) is 17.6. The second-order valence-corrected chi connectivity index (χ2v) is 5.95. The highest BCUT2D eigenvalue weighted by Crippen LogP contribution is 2.28. The largest absolute Gasteiger partial charge is 0.379 e. The fourth-order valence-corrected chi connectivity index (χ4v) is 1.96. The molecule has 22 heavy (non-hydrogen) atoms. The number of likely N-dealkylation sites (N-methyl/N-ethyl adjacent to an activating group) is 1. The van der Waals surface area contributed by atoms with Crippen molar-refractivity contribution >= 4 is 35.8 Å². The number of aliphatic imine (C=N–C) groups is 1. The van der Waals surface area contributed by atoms with Crippen LogP contribution in [0.1, 0.15) is 32.6 Å². The quantitative estimate of drug-likeness (QED) is 0.253. The van der Waals surface area contributed by atoms with Crippen LogP contribution in [0.4, 0.5) is 0 Å². The number of hydrogen-bond donors (Lipinski definition) is 2. The molecule has 0 radical (unpaired) electrons. The lowest BCUT2D eigenvalue weighted by Crippen LogP contribution is -2.41. The number of ether oxygens (including phenoxy) is 1. The summed E-state index contributed by atoms with van der Waals surface area (Å²) in [5, 5.41) is 6.15. The van der Waals surface area contributed by atoms with Crippen molar-refractivity contribution in [1.82, 2.24) is 15.5 Å². The zero-order valence-electron chi connectivity index (χ0n) is 13.6. The van der Waals surface area contributed by atoms with Crippen LogP contribution < -0.4 is 10.6 Å². The molecule has 0 heterocycles. The maximum Gasteiger partial charge on any atom is 0.242 e. The highest BCUT2D eigenvalue weighted by molar-refractivity contribution is 14.0. The molecule has 0 aromatic carbocycles. The van der Waals surface area contributed by atoms with E-state index in [1.807, 2.05) is 18.9 Å². The molecular formula is C15H29IN4O2. The molecule has 1 amide bonds. The fraction of sp³-hybridized carbons (Fsp3) is 0.867. The van der Waals surface area contributed by atoms with Gasteiger partial charge in [0.15, 0.2) is 5.96 Å². The van der Waals surface area contributed by atoms with Crippen molar-refractivity contribution in [1.29, 1.82) is 0 Å². The number of carbonyl (C=O) groups is 1. The van der Waals surface area contributed by atoms with Crippen LogP contribution in [0.15, 0.2) is 4.99 Å². The predicted molar refractivity (Wildman–Crippen MR) is 98.7 cm³/mol. The van der Waals surface area contributed by atoms with Crippen LogP contribution in [0.5, 0.6) is 0 Å². The van der Waals surface area contributed by atoms with E-state index >= 15 is 0 Å². The molecule has 6 nitrogen and oxygen atoms in total. The zero-order valence-corrected chi connectivity index (χ0v) is 16.0. The van der Waals surface area contributed by atoms with Crippen LogP contribution in [0.3, 0.4) is 0 Å². The van der Waals surface area contributed by atoms with Crippen molar-refractivity contribution in [3.8, 4) is 0 Å². The van der Waals surface area contributed by atoms with Gasteiger partial charge in [-0.2, -0.15) is 0 Å². The minimum absolute atomic E-state index is 0. The third-order valence-electron chi connectivity index (χ3n) is 3.63. The second kappa shape index (κ2) is 10.3. The van der Waals surface area contributed by atoms with Crippen LogP contribution in [0, 0.1) is 5.92 Å². The molecule has 0 spiro atoms. The van der Waals surface area contributed by atoms with Crippen LogP contribution >= 0.6 is 24.0 Å². The topological polar surface area (TPSA) is 66.0 Å².